The lowest BCUT2D eigenvalue weighted by atomic mass is 10.1. The van der Waals surface area contributed by atoms with Crippen molar-refractivity contribution in [1.29, 1.82) is 0 Å². The predicted molar refractivity (Wildman–Crippen MR) is 244 cm³/mol. The third-order valence-electron chi connectivity index (χ3n) is 11.2. The zero-order valence-corrected chi connectivity index (χ0v) is 31.7. The molecule has 0 saturated heterocycles. The highest BCUT2D eigenvalue weighted by Gasteiger charge is 2.25. The van der Waals surface area contributed by atoms with Crippen LogP contribution in [0.25, 0.3) is 55.0 Å². The van der Waals surface area contributed by atoms with Gasteiger partial charge in [-0.15, -0.1) is 0 Å². The first kappa shape index (κ1) is 33.5. The minimum Gasteiger partial charge on any atom is -0.310 e. The first-order valence-electron chi connectivity index (χ1n) is 19.8. The molecule has 2 heterocycles. The molecule has 11 aromatic rings. The van der Waals surface area contributed by atoms with Crippen molar-refractivity contribution in [3.05, 3.63) is 231 Å². The lowest BCUT2D eigenvalue weighted by Gasteiger charge is -2.30. The van der Waals surface area contributed by atoms with Gasteiger partial charge < -0.3 is 18.9 Å². The molecule has 0 aliphatic heterocycles. The van der Waals surface area contributed by atoms with E-state index in [2.05, 4.69) is 249 Å². The summed E-state index contributed by atoms with van der Waals surface area (Å²) in [4.78, 5) is 4.82. The molecule has 0 aliphatic rings. The maximum absolute atomic E-state index is 2.42. The van der Waals surface area contributed by atoms with Crippen LogP contribution < -0.4 is 9.80 Å². The van der Waals surface area contributed by atoms with Crippen LogP contribution in [0.15, 0.2) is 231 Å². The van der Waals surface area contributed by atoms with E-state index >= 15 is 0 Å². The van der Waals surface area contributed by atoms with E-state index in [0.717, 1.165) is 62.0 Å². The van der Waals surface area contributed by atoms with Gasteiger partial charge in [0.1, 0.15) is 0 Å². The van der Waals surface area contributed by atoms with Gasteiger partial charge in [0.2, 0.25) is 0 Å². The molecular formula is C54H38N4. The van der Waals surface area contributed by atoms with Gasteiger partial charge in [-0.3, -0.25) is 0 Å². The number of para-hydroxylation sites is 7. The number of hydrogen-bond acceptors (Lipinski definition) is 2. The number of nitrogens with zero attached hydrogens (tertiary/aromatic N) is 4. The van der Waals surface area contributed by atoms with Gasteiger partial charge in [0.25, 0.3) is 0 Å². The molecular weight excluding hydrogens is 705 g/mol. The van der Waals surface area contributed by atoms with Crippen molar-refractivity contribution >= 4 is 77.7 Å². The maximum atomic E-state index is 2.42. The summed E-state index contributed by atoms with van der Waals surface area (Å²) in [5.41, 5.74) is 13.3. The number of rotatable bonds is 8. The van der Waals surface area contributed by atoms with Crippen molar-refractivity contribution in [2.75, 3.05) is 9.80 Å². The van der Waals surface area contributed by atoms with Crippen molar-refractivity contribution in [1.82, 2.24) is 9.13 Å². The Kier molecular flexibility index (Phi) is 8.11. The van der Waals surface area contributed by atoms with Crippen LogP contribution in [0.1, 0.15) is 0 Å². The Morgan fingerprint density at radius 2 is 0.672 bits per heavy atom. The number of fused-ring (bicyclic) bond motifs is 6. The molecule has 4 nitrogen and oxygen atoms in total. The SMILES string of the molecule is c1ccc(N(c2ccc3c4ccccc4n(-c4ccccc4)c3c2)c2cc(N(c3ccccc3)c3ccccc3)c3c4ccccc4n(-c4ccccc4)c3c2)cc1. The van der Waals surface area contributed by atoms with E-state index in [1.165, 1.54) is 27.1 Å². The van der Waals surface area contributed by atoms with Crippen LogP contribution in [-0.4, -0.2) is 9.13 Å². The molecule has 58 heavy (non-hydrogen) atoms. The minimum atomic E-state index is 1.05. The minimum absolute atomic E-state index is 1.05. The van der Waals surface area contributed by atoms with Gasteiger partial charge in [-0.05, 0) is 97.1 Å². The van der Waals surface area contributed by atoms with E-state index in [1.807, 2.05) is 0 Å². The average molecular weight is 743 g/mol. The van der Waals surface area contributed by atoms with Crippen molar-refractivity contribution in [2.24, 2.45) is 0 Å². The summed E-state index contributed by atoms with van der Waals surface area (Å²) in [7, 11) is 0. The molecule has 0 saturated carbocycles. The maximum Gasteiger partial charge on any atom is 0.0583 e. The van der Waals surface area contributed by atoms with Gasteiger partial charge in [-0.2, -0.15) is 0 Å². The Morgan fingerprint density at radius 1 is 0.259 bits per heavy atom. The van der Waals surface area contributed by atoms with E-state index in [0.29, 0.717) is 0 Å². The fraction of sp³-hybridized carbons (Fsp3) is 0. The van der Waals surface area contributed by atoms with Crippen molar-refractivity contribution in [3.8, 4) is 11.4 Å². The highest BCUT2D eigenvalue weighted by molar-refractivity contribution is 6.18. The molecule has 0 amide bonds. The second-order valence-corrected chi connectivity index (χ2v) is 14.6. The topological polar surface area (TPSA) is 16.3 Å². The molecule has 2 aromatic heterocycles. The molecule has 0 fully saturated rings. The van der Waals surface area contributed by atoms with Crippen molar-refractivity contribution in [3.63, 3.8) is 0 Å². The molecule has 0 N–H and O–H groups in total. The van der Waals surface area contributed by atoms with Gasteiger partial charge in [-0.25, -0.2) is 0 Å². The summed E-state index contributed by atoms with van der Waals surface area (Å²) >= 11 is 0. The monoisotopic (exact) mass is 742 g/mol. The van der Waals surface area contributed by atoms with Gasteiger partial charge in [0.05, 0.1) is 33.4 Å². The molecule has 274 valence electrons. The van der Waals surface area contributed by atoms with Crippen LogP contribution >= 0.6 is 0 Å². The Bertz CT molecular complexity index is 3170. The number of aromatic nitrogens is 2. The summed E-state index contributed by atoms with van der Waals surface area (Å²) in [6.07, 6.45) is 0. The second-order valence-electron chi connectivity index (χ2n) is 14.6. The van der Waals surface area contributed by atoms with E-state index in [4.69, 9.17) is 0 Å². The Hall–Kier alpha value is -7.82. The fourth-order valence-electron chi connectivity index (χ4n) is 8.78. The molecule has 0 bridgehead atoms. The molecule has 0 unspecified atom stereocenters. The Balaban J connectivity index is 1.26. The Morgan fingerprint density at radius 3 is 1.24 bits per heavy atom. The van der Waals surface area contributed by atoms with Crippen LogP contribution in [-0.2, 0) is 0 Å². The molecule has 0 radical (unpaired) electrons. The van der Waals surface area contributed by atoms with Crippen LogP contribution in [0.2, 0.25) is 0 Å². The highest BCUT2D eigenvalue weighted by atomic mass is 15.2. The summed E-state index contributed by atoms with van der Waals surface area (Å²) in [6, 6.07) is 82.9. The third kappa shape index (κ3) is 5.54. The molecule has 9 aromatic carbocycles. The number of anilines is 6. The number of hydrogen-bond donors (Lipinski definition) is 0. The van der Waals surface area contributed by atoms with Gasteiger partial charge in [0, 0.05) is 55.7 Å². The first-order chi connectivity index (χ1) is 28.8. The summed E-state index contributed by atoms with van der Waals surface area (Å²) in [5, 5.41) is 4.83. The third-order valence-corrected chi connectivity index (χ3v) is 11.2. The molecule has 4 heteroatoms. The van der Waals surface area contributed by atoms with E-state index in [1.54, 1.807) is 0 Å². The highest BCUT2D eigenvalue weighted by Crippen LogP contribution is 2.48. The van der Waals surface area contributed by atoms with Gasteiger partial charge >= 0.3 is 0 Å². The van der Waals surface area contributed by atoms with Crippen LogP contribution in [0.5, 0.6) is 0 Å². The van der Waals surface area contributed by atoms with Gasteiger partial charge in [-0.1, -0.05) is 133 Å². The first-order valence-corrected chi connectivity index (χ1v) is 19.8. The average Bonchev–Trinajstić information content (AvgIpc) is 3.81. The second kappa shape index (κ2) is 14.0. The molecule has 0 spiro atoms. The summed E-state index contributed by atoms with van der Waals surface area (Å²) < 4.78 is 4.82. The predicted octanol–water partition coefficient (Wildman–Crippen LogP) is 14.8. The number of benzene rings is 9. The largest absolute Gasteiger partial charge is 0.310 e. The summed E-state index contributed by atoms with van der Waals surface area (Å²) in [6.45, 7) is 0. The van der Waals surface area contributed by atoms with Crippen LogP contribution in [0, 0.1) is 0 Å². The van der Waals surface area contributed by atoms with Crippen molar-refractivity contribution < 1.29 is 0 Å². The molecule has 0 aliphatic carbocycles. The quantitative estimate of drug-likeness (QED) is 0.154. The lowest BCUT2D eigenvalue weighted by molar-refractivity contribution is 1.17. The van der Waals surface area contributed by atoms with E-state index < -0.39 is 0 Å². The van der Waals surface area contributed by atoms with E-state index in [9.17, 15) is 0 Å². The fourth-order valence-corrected chi connectivity index (χ4v) is 8.78. The molecule has 0 atom stereocenters. The molecule has 11 rings (SSSR count). The van der Waals surface area contributed by atoms with Crippen LogP contribution in [0.3, 0.4) is 0 Å². The van der Waals surface area contributed by atoms with Crippen LogP contribution in [0.4, 0.5) is 34.1 Å². The Labute approximate surface area is 337 Å². The lowest BCUT2D eigenvalue weighted by Crippen LogP contribution is -2.14. The zero-order chi connectivity index (χ0) is 38.4. The standard InChI is InChI=1S/C54H38N4/c1-6-20-39(21-7-1)55(44-34-35-47-46-30-16-18-32-49(46)57(51(47)36-44)42-26-12-4-13-27-42)45-37-52(56(40-22-8-2-9-23-40)41-24-10-3-11-25-41)54-48-31-17-19-33-50(48)58(53(54)38-45)43-28-14-5-15-29-43/h1-38H. The van der Waals surface area contributed by atoms with Gasteiger partial charge in [0.15, 0.2) is 0 Å². The smallest absolute Gasteiger partial charge is 0.0583 e. The normalized spacial score (nSPS) is 11.4. The van der Waals surface area contributed by atoms with Crippen molar-refractivity contribution in [2.45, 2.75) is 0 Å². The van der Waals surface area contributed by atoms with E-state index in [-0.39, 0.29) is 0 Å². The summed E-state index contributed by atoms with van der Waals surface area (Å²) in [5.74, 6) is 0. The zero-order valence-electron chi connectivity index (χ0n) is 31.7.